The van der Waals surface area contributed by atoms with E-state index in [0.717, 1.165) is 22.9 Å². The Labute approximate surface area is 125 Å². The lowest BCUT2D eigenvalue weighted by Gasteiger charge is -2.21. The zero-order chi connectivity index (χ0) is 13.7. The molecule has 2 aliphatic rings. The molecule has 2 bridgehead atoms. The summed E-state index contributed by atoms with van der Waals surface area (Å²) in [5.74, 6) is -0.103. The first-order valence-corrected chi connectivity index (χ1v) is 8.06. The molecule has 4 rings (SSSR count). The Balaban J connectivity index is 1.56. The van der Waals surface area contributed by atoms with Crippen LogP contribution in [-0.4, -0.2) is 29.0 Å². The molecule has 104 valence electrons. The van der Waals surface area contributed by atoms with Gasteiger partial charge in [0.2, 0.25) is 0 Å². The first kappa shape index (κ1) is 12.6. The van der Waals surface area contributed by atoms with E-state index in [2.05, 4.69) is 15.6 Å². The topological polar surface area (TPSA) is 54.0 Å². The summed E-state index contributed by atoms with van der Waals surface area (Å²) < 4.78 is 1.01. The van der Waals surface area contributed by atoms with E-state index in [-0.39, 0.29) is 11.9 Å². The van der Waals surface area contributed by atoms with Gasteiger partial charge < -0.3 is 10.6 Å². The predicted octanol–water partition coefficient (Wildman–Crippen LogP) is 2.57. The van der Waals surface area contributed by atoms with Crippen LogP contribution in [0, 0.1) is 0 Å². The predicted molar refractivity (Wildman–Crippen MR) is 80.4 cm³/mol. The summed E-state index contributed by atoms with van der Waals surface area (Å²) in [5.41, 5.74) is 0.445. The van der Waals surface area contributed by atoms with Crippen molar-refractivity contribution in [1.29, 1.82) is 0 Å². The van der Waals surface area contributed by atoms with Crippen molar-refractivity contribution in [3.63, 3.8) is 0 Å². The van der Waals surface area contributed by atoms with Gasteiger partial charge in [0.1, 0.15) is 5.69 Å². The van der Waals surface area contributed by atoms with Crippen molar-refractivity contribution in [3.05, 3.63) is 28.4 Å². The zero-order valence-corrected chi connectivity index (χ0v) is 12.3. The van der Waals surface area contributed by atoms with Gasteiger partial charge in [-0.2, -0.15) is 0 Å². The third kappa shape index (κ3) is 2.01. The molecular weight excluding hydrogens is 294 g/mol. The second-order valence-corrected chi connectivity index (χ2v) is 6.83. The lowest BCUT2D eigenvalue weighted by molar-refractivity contribution is 0.0926. The number of aromatic nitrogens is 1. The number of pyridine rings is 1. The van der Waals surface area contributed by atoms with Crippen molar-refractivity contribution < 1.29 is 4.79 Å². The van der Waals surface area contributed by atoms with Gasteiger partial charge in [0.25, 0.3) is 5.91 Å². The molecule has 2 aromatic heterocycles. The zero-order valence-electron chi connectivity index (χ0n) is 10.7. The van der Waals surface area contributed by atoms with Crippen LogP contribution in [0.5, 0.6) is 0 Å². The second kappa shape index (κ2) is 4.69. The molecule has 3 atom stereocenters. The fourth-order valence-corrected chi connectivity index (χ4v) is 4.37. The third-order valence-corrected chi connectivity index (χ3v) is 5.64. The summed E-state index contributed by atoms with van der Waals surface area (Å²) >= 11 is 7.65. The number of fused-ring (bicyclic) bond motifs is 3. The minimum atomic E-state index is -0.103. The molecule has 1 amide bonds. The van der Waals surface area contributed by atoms with Crippen LogP contribution in [-0.2, 0) is 0 Å². The molecule has 0 spiro atoms. The first-order chi connectivity index (χ1) is 9.70. The quantitative estimate of drug-likeness (QED) is 0.896. The maximum atomic E-state index is 12.3. The standard InChI is InChI=1S/C14H14ClN3OS/c15-9-6-20-13-5-16-12(4-8(9)13)14(19)18-11-3-7-1-2-10(11)17-7/h4-7,10-11,17H,1-3H2,(H,18,19)/t7-,10+,11-/m1/s1. The van der Waals surface area contributed by atoms with Gasteiger partial charge in [-0.1, -0.05) is 11.6 Å². The Hall–Kier alpha value is -1.17. The van der Waals surface area contributed by atoms with Crippen LogP contribution in [0.4, 0.5) is 0 Å². The van der Waals surface area contributed by atoms with E-state index >= 15 is 0 Å². The number of halogens is 1. The molecule has 0 aromatic carbocycles. The SMILES string of the molecule is O=C(N[C@@H]1C[C@H]2CC[C@@H]1N2)c1cc2c(Cl)csc2cn1. The highest BCUT2D eigenvalue weighted by Crippen LogP contribution is 2.30. The summed E-state index contributed by atoms with van der Waals surface area (Å²) in [6.45, 7) is 0. The summed E-state index contributed by atoms with van der Waals surface area (Å²) in [4.78, 5) is 16.6. The number of carbonyl (C=O) groups is 1. The Morgan fingerprint density at radius 1 is 1.50 bits per heavy atom. The Morgan fingerprint density at radius 2 is 2.40 bits per heavy atom. The molecular formula is C14H14ClN3OS. The lowest BCUT2D eigenvalue weighted by Crippen LogP contribution is -2.43. The molecule has 2 N–H and O–H groups in total. The van der Waals surface area contributed by atoms with Crippen molar-refractivity contribution >= 4 is 38.9 Å². The third-order valence-electron chi connectivity index (χ3n) is 4.26. The molecule has 0 unspecified atom stereocenters. The monoisotopic (exact) mass is 307 g/mol. The number of nitrogens with zero attached hydrogens (tertiary/aromatic N) is 1. The van der Waals surface area contributed by atoms with Gasteiger partial charge in [0, 0.05) is 35.1 Å². The summed E-state index contributed by atoms with van der Waals surface area (Å²) in [7, 11) is 0. The van der Waals surface area contributed by atoms with E-state index in [9.17, 15) is 4.79 Å². The summed E-state index contributed by atoms with van der Waals surface area (Å²) in [6.07, 6.45) is 5.13. The number of carbonyl (C=O) groups excluding carboxylic acids is 1. The van der Waals surface area contributed by atoms with Gasteiger partial charge in [-0.05, 0) is 25.3 Å². The van der Waals surface area contributed by atoms with Crippen LogP contribution in [0.3, 0.4) is 0 Å². The first-order valence-electron chi connectivity index (χ1n) is 6.80. The molecule has 20 heavy (non-hydrogen) atoms. The maximum Gasteiger partial charge on any atom is 0.270 e. The average molecular weight is 308 g/mol. The largest absolute Gasteiger partial charge is 0.346 e. The van der Waals surface area contributed by atoms with Gasteiger partial charge in [-0.25, -0.2) is 4.98 Å². The molecule has 2 aliphatic heterocycles. The van der Waals surface area contributed by atoms with Crippen LogP contribution in [0.25, 0.3) is 10.1 Å². The van der Waals surface area contributed by atoms with E-state index < -0.39 is 0 Å². The summed E-state index contributed by atoms with van der Waals surface area (Å²) in [5, 5.41) is 10.1. The average Bonchev–Trinajstić information content (AvgIpc) is 3.15. The molecule has 2 aromatic rings. The Bertz CT molecular complexity index is 686. The van der Waals surface area contributed by atoms with Gasteiger partial charge in [-0.3, -0.25) is 4.79 Å². The number of hydrogen-bond donors (Lipinski definition) is 2. The van der Waals surface area contributed by atoms with Crippen molar-refractivity contribution in [1.82, 2.24) is 15.6 Å². The minimum Gasteiger partial charge on any atom is -0.346 e. The number of thiophene rings is 1. The van der Waals surface area contributed by atoms with Crippen molar-refractivity contribution in [3.8, 4) is 0 Å². The van der Waals surface area contributed by atoms with Crippen LogP contribution >= 0.6 is 22.9 Å². The van der Waals surface area contributed by atoms with Crippen LogP contribution < -0.4 is 10.6 Å². The van der Waals surface area contributed by atoms with Crippen LogP contribution in [0.1, 0.15) is 29.8 Å². The van der Waals surface area contributed by atoms with Gasteiger partial charge >= 0.3 is 0 Å². The molecule has 0 radical (unpaired) electrons. The highest BCUT2D eigenvalue weighted by atomic mass is 35.5. The van der Waals surface area contributed by atoms with E-state index in [1.807, 2.05) is 5.38 Å². The van der Waals surface area contributed by atoms with Crippen LogP contribution in [0.2, 0.25) is 5.02 Å². The number of amides is 1. The van der Waals surface area contributed by atoms with Crippen LogP contribution in [0.15, 0.2) is 17.6 Å². The second-order valence-electron chi connectivity index (χ2n) is 5.51. The van der Waals surface area contributed by atoms with Gasteiger partial charge in [0.15, 0.2) is 0 Å². The van der Waals surface area contributed by atoms with Crippen molar-refractivity contribution in [2.24, 2.45) is 0 Å². The highest BCUT2D eigenvalue weighted by Gasteiger charge is 2.39. The number of rotatable bonds is 2. The van der Waals surface area contributed by atoms with E-state index in [1.165, 1.54) is 6.42 Å². The number of hydrogen-bond acceptors (Lipinski definition) is 4. The van der Waals surface area contributed by atoms with Crippen molar-refractivity contribution in [2.45, 2.75) is 37.4 Å². The normalized spacial score (nSPS) is 28.1. The van der Waals surface area contributed by atoms with Gasteiger partial charge in [0.05, 0.1) is 9.72 Å². The number of nitrogens with one attached hydrogen (secondary N) is 2. The minimum absolute atomic E-state index is 0.103. The molecule has 0 aliphatic carbocycles. The molecule has 2 fully saturated rings. The molecule has 0 saturated carbocycles. The fraction of sp³-hybridized carbons (Fsp3) is 0.429. The maximum absolute atomic E-state index is 12.3. The van der Waals surface area contributed by atoms with E-state index in [4.69, 9.17) is 11.6 Å². The van der Waals surface area contributed by atoms with Crippen molar-refractivity contribution in [2.75, 3.05) is 0 Å². The molecule has 6 heteroatoms. The van der Waals surface area contributed by atoms with Gasteiger partial charge in [-0.15, -0.1) is 11.3 Å². The highest BCUT2D eigenvalue weighted by molar-refractivity contribution is 7.17. The molecule has 2 saturated heterocycles. The Kier molecular flexibility index (Phi) is 2.94. The Morgan fingerprint density at radius 3 is 3.15 bits per heavy atom. The van der Waals surface area contributed by atoms with E-state index in [0.29, 0.717) is 22.8 Å². The summed E-state index contributed by atoms with van der Waals surface area (Å²) in [6, 6.07) is 3.02. The molecule has 4 nitrogen and oxygen atoms in total. The molecule has 4 heterocycles. The van der Waals surface area contributed by atoms with E-state index in [1.54, 1.807) is 23.6 Å². The smallest absolute Gasteiger partial charge is 0.270 e. The lowest BCUT2D eigenvalue weighted by atomic mass is 9.95. The fourth-order valence-electron chi connectivity index (χ4n) is 3.25.